The first-order valence-electron chi connectivity index (χ1n) is 8.43. The molecule has 0 unspecified atom stereocenters. The van der Waals surface area contributed by atoms with E-state index in [2.05, 4.69) is 41.5 Å². The highest BCUT2D eigenvalue weighted by molar-refractivity contribution is 8.00. The summed E-state index contributed by atoms with van der Waals surface area (Å²) in [6, 6.07) is 12.6. The number of thiophene rings is 1. The molecule has 2 aromatic rings. The van der Waals surface area contributed by atoms with E-state index in [9.17, 15) is 4.79 Å². The number of piperazine rings is 1. The number of amides is 1. The molecule has 0 radical (unpaired) electrons. The predicted molar refractivity (Wildman–Crippen MR) is 103 cm³/mol. The fourth-order valence-electron chi connectivity index (χ4n) is 2.89. The average Bonchev–Trinajstić information content (AvgIpc) is 3.13. The van der Waals surface area contributed by atoms with Crippen LogP contribution in [0.5, 0.6) is 0 Å². The summed E-state index contributed by atoms with van der Waals surface area (Å²) in [6.45, 7) is 6.90. The van der Waals surface area contributed by atoms with Crippen LogP contribution in [0.1, 0.15) is 10.4 Å². The molecule has 0 bridgehead atoms. The van der Waals surface area contributed by atoms with E-state index in [-0.39, 0.29) is 5.91 Å². The van der Waals surface area contributed by atoms with Crippen molar-refractivity contribution in [2.24, 2.45) is 0 Å². The van der Waals surface area contributed by atoms with Crippen LogP contribution in [0.3, 0.4) is 0 Å². The number of nitrogens with zero attached hydrogens (tertiary/aromatic N) is 2. The zero-order chi connectivity index (χ0) is 16.8. The number of aryl methyl sites for hydroxylation is 1. The van der Waals surface area contributed by atoms with Crippen molar-refractivity contribution in [1.29, 1.82) is 0 Å². The lowest BCUT2D eigenvalue weighted by Gasteiger charge is -2.34. The van der Waals surface area contributed by atoms with Crippen LogP contribution in [-0.4, -0.2) is 54.2 Å². The van der Waals surface area contributed by atoms with E-state index in [4.69, 9.17) is 0 Å². The number of carbonyl (C=O) groups excluding carboxylic acids is 1. The Bertz CT molecular complexity index is 649. The van der Waals surface area contributed by atoms with Gasteiger partial charge in [0.1, 0.15) is 0 Å². The third kappa shape index (κ3) is 4.85. The van der Waals surface area contributed by atoms with E-state index in [1.807, 2.05) is 28.4 Å². The summed E-state index contributed by atoms with van der Waals surface area (Å²) in [4.78, 5) is 19.6. The third-order valence-electron chi connectivity index (χ3n) is 4.42. The van der Waals surface area contributed by atoms with Crippen LogP contribution in [0.4, 0.5) is 0 Å². The Hall–Kier alpha value is -1.30. The fourth-order valence-corrected chi connectivity index (χ4v) is 4.52. The van der Waals surface area contributed by atoms with Crippen molar-refractivity contribution < 1.29 is 4.79 Å². The molecule has 1 aliphatic rings. The van der Waals surface area contributed by atoms with Gasteiger partial charge in [-0.25, -0.2) is 0 Å². The molecule has 0 aliphatic carbocycles. The minimum absolute atomic E-state index is 0.265. The Labute approximate surface area is 152 Å². The molecule has 0 atom stereocenters. The number of carbonyl (C=O) groups is 1. The van der Waals surface area contributed by atoms with Gasteiger partial charge >= 0.3 is 0 Å². The van der Waals surface area contributed by atoms with Crippen molar-refractivity contribution in [3.05, 3.63) is 52.2 Å². The zero-order valence-corrected chi connectivity index (χ0v) is 15.7. The van der Waals surface area contributed by atoms with Crippen molar-refractivity contribution >= 4 is 29.0 Å². The van der Waals surface area contributed by atoms with Crippen molar-refractivity contribution in [3.63, 3.8) is 0 Å². The third-order valence-corrected chi connectivity index (χ3v) is 6.52. The second-order valence-corrected chi connectivity index (χ2v) is 8.16. The maximum absolute atomic E-state index is 12.4. The van der Waals surface area contributed by atoms with E-state index in [1.165, 1.54) is 15.3 Å². The van der Waals surface area contributed by atoms with Gasteiger partial charge in [0, 0.05) is 42.5 Å². The predicted octanol–water partition coefficient (Wildman–Crippen LogP) is 3.54. The summed E-state index contributed by atoms with van der Waals surface area (Å²) in [7, 11) is 0. The number of rotatable bonds is 6. The van der Waals surface area contributed by atoms with Gasteiger partial charge in [0.05, 0.1) is 5.75 Å². The summed E-state index contributed by atoms with van der Waals surface area (Å²) in [5.41, 5.74) is 1.24. The molecule has 3 rings (SSSR count). The minimum atomic E-state index is 0.265. The highest BCUT2D eigenvalue weighted by atomic mass is 32.2. The van der Waals surface area contributed by atoms with Crippen molar-refractivity contribution in [3.8, 4) is 0 Å². The lowest BCUT2D eigenvalue weighted by Crippen LogP contribution is -2.49. The first-order valence-corrected chi connectivity index (χ1v) is 10.3. The van der Waals surface area contributed by atoms with Crippen LogP contribution < -0.4 is 0 Å². The van der Waals surface area contributed by atoms with Crippen molar-refractivity contribution in [2.45, 2.75) is 18.2 Å². The summed E-state index contributed by atoms with van der Waals surface area (Å²) in [5.74, 6) is 0.807. The average molecular weight is 361 g/mol. The topological polar surface area (TPSA) is 23.6 Å². The van der Waals surface area contributed by atoms with Gasteiger partial charge in [-0.3, -0.25) is 9.69 Å². The molecule has 1 aromatic carbocycles. The van der Waals surface area contributed by atoms with Gasteiger partial charge in [0.15, 0.2) is 0 Å². The maximum Gasteiger partial charge on any atom is 0.233 e. The first-order chi connectivity index (χ1) is 11.7. The first kappa shape index (κ1) is 17.5. The molecule has 1 saturated heterocycles. The molecule has 0 N–H and O–H groups in total. The molecular formula is C19H24N2OS2. The van der Waals surface area contributed by atoms with Crippen LogP contribution in [0.25, 0.3) is 0 Å². The summed E-state index contributed by atoms with van der Waals surface area (Å²) < 4.78 is 0. The Morgan fingerprint density at radius 3 is 2.62 bits per heavy atom. The van der Waals surface area contributed by atoms with Gasteiger partial charge in [-0.2, -0.15) is 0 Å². The van der Waals surface area contributed by atoms with E-state index in [0.717, 1.165) is 39.1 Å². The van der Waals surface area contributed by atoms with Gasteiger partial charge in [-0.1, -0.05) is 24.3 Å². The molecule has 1 fully saturated rings. The molecule has 2 heterocycles. The lowest BCUT2D eigenvalue weighted by molar-refractivity contribution is -0.130. The molecule has 1 aliphatic heterocycles. The normalized spacial score (nSPS) is 15.6. The highest BCUT2D eigenvalue weighted by Crippen LogP contribution is 2.22. The summed E-state index contributed by atoms with van der Waals surface area (Å²) in [6.07, 6.45) is 1.12. The monoisotopic (exact) mass is 360 g/mol. The largest absolute Gasteiger partial charge is 0.339 e. The smallest absolute Gasteiger partial charge is 0.233 e. The van der Waals surface area contributed by atoms with Crippen LogP contribution in [-0.2, 0) is 11.2 Å². The molecule has 24 heavy (non-hydrogen) atoms. The van der Waals surface area contributed by atoms with Gasteiger partial charge in [0.25, 0.3) is 0 Å². The van der Waals surface area contributed by atoms with Crippen molar-refractivity contribution in [2.75, 3.05) is 38.5 Å². The molecular weight excluding hydrogens is 336 g/mol. The van der Waals surface area contributed by atoms with Crippen LogP contribution in [0, 0.1) is 6.92 Å². The second-order valence-electron chi connectivity index (χ2n) is 6.11. The van der Waals surface area contributed by atoms with E-state index in [1.54, 1.807) is 11.8 Å². The quantitative estimate of drug-likeness (QED) is 0.736. The molecule has 0 spiro atoms. The summed E-state index contributed by atoms with van der Waals surface area (Å²) >= 11 is 3.48. The fraction of sp³-hybridized carbons (Fsp3) is 0.421. The van der Waals surface area contributed by atoms with Crippen LogP contribution in [0.2, 0.25) is 0 Å². The van der Waals surface area contributed by atoms with Gasteiger partial charge < -0.3 is 4.90 Å². The van der Waals surface area contributed by atoms with Gasteiger partial charge in [0.2, 0.25) is 5.91 Å². The van der Waals surface area contributed by atoms with Crippen molar-refractivity contribution in [1.82, 2.24) is 9.80 Å². The SMILES string of the molecule is Cc1ccccc1SCC(=O)N1CCN(CCc2cccs2)CC1. The minimum Gasteiger partial charge on any atom is -0.339 e. The molecule has 128 valence electrons. The molecule has 0 saturated carbocycles. The molecule has 3 nitrogen and oxygen atoms in total. The number of thioether (sulfide) groups is 1. The molecule has 5 heteroatoms. The summed E-state index contributed by atoms with van der Waals surface area (Å²) in [5, 5.41) is 2.14. The molecule has 1 amide bonds. The Morgan fingerprint density at radius 2 is 1.92 bits per heavy atom. The zero-order valence-electron chi connectivity index (χ0n) is 14.1. The molecule has 1 aromatic heterocycles. The number of hydrogen-bond donors (Lipinski definition) is 0. The maximum atomic E-state index is 12.4. The lowest BCUT2D eigenvalue weighted by atomic mass is 10.2. The second kappa shape index (κ2) is 8.70. The van der Waals surface area contributed by atoms with Crippen LogP contribution >= 0.6 is 23.1 Å². The van der Waals surface area contributed by atoms with E-state index >= 15 is 0 Å². The van der Waals surface area contributed by atoms with Gasteiger partial charge in [-0.15, -0.1) is 23.1 Å². The highest BCUT2D eigenvalue weighted by Gasteiger charge is 2.21. The number of hydrogen-bond acceptors (Lipinski definition) is 4. The van der Waals surface area contributed by atoms with E-state index in [0.29, 0.717) is 5.75 Å². The Kier molecular flexibility index (Phi) is 6.35. The van der Waals surface area contributed by atoms with Crippen LogP contribution in [0.15, 0.2) is 46.7 Å². The number of benzene rings is 1. The van der Waals surface area contributed by atoms with Gasteiger partial charge in [-0.05, 0) is 36.4 Å². The Balaban J connectivity index is 1.39. The standard InChI is InChI=1S/C19H24N2OS2/c1-16-5-2-3-7-18(16)24-15-19(22)21-12-10-20(11-13-21)9-8-17-6-4-14-23-17/h2-7,14H,8-13,15H2,1H3. The Morgan fingerprint density at radius 1 is 1.12 bits per heavy atom. The van der Waals surface area contributed by atoms with E-state index < -0.39 is 0 Å².